The number of likely N-dealkylation sites (tertiary alicyclic amines) is 1. The van der Waals surface area contributed by atoms with E-state index in [1.165, 1.54) is 45.4 Å². The van der Waals surface area contributed by atoms with Gasteiger partial charge >= 0.3 is 0 Å². The number of nitrogens with one attached hydrogen (secondary N) is 1. The molecule has 0 spiro atoms. The largest absolute Gasteiger partial charge is 0.314 e. The molecule has 2 fully saturated rings. The molecule has 0 aromatic heterocycles. The normalized spacial score (nSPS) is 29.8. The predicted molar refractivity (Wildman–Crippen MR) is 60.4 cm³/mol. The van der Waals surface area contributed by atoms with E-state index in [4.69, 9.17) is 0 Å². The zero-order chi connectivity index (χ0) is 9.97. The van der Waals surface area contributed by atoms with Gasteiger partial charge in [0.25, 0.3) is 0 Å². The first-order valence-electron chi connectivity index (χ1n) is 6.21. The summed E-state index contributed by atoms with van der Waals surface area (Å²) >= 11 is 0. The lowest BCUT2D eigenvalue weighted by atomic mass is 9.88. The molecule has 2 rings (SSSR count). The van der Waals surface area contributed by atoms with Crippen LogP contribution in [0.15, 0.2) is 0 Å². The highest BCUT2D eigenvalue weighted by atomic mass is 15.2. The Labute approximate surface area is 88.1 Å². The van der Waals surface area contributed by atoms with Crippen molar-refractivity contribution < 1.29 is 0 Å². The molecule has 2 saturated heterocycles. The Hall–Kier alpha value is -0.0800. The summed E-state index contributed by atoms with van der Waals surface area (Å²) in [4.78, 5) is 2.62. The maximum Gasteiger partial charge on any atom is 0.00797 e. The van der Waals surface area contributed by atoms with Gasteiger partial charge in [0.2, 0.25) is 0 Å². The van der Waals surface area contributed by atoms with Crippen molar-refractivity contribution in [1.29, 1.82) is 0 Å². The molecule has 0 aromatic carbocycles. The molecule has 0 amide bonds. The zero-order valence-corrected chi connectivity index (χ0v) is 9.63. The van der Waals surface area contributed by atoms with E-state index in [9.17, 15) is 0 Å². The third-order valence-electron chi connectivity index (χ3n) is 3.88. The van der Waals surface area contributed by atoms with Crippen molar-refractivity contribution in [2.75, 3.05) is 26.2 Å². The van der Waals surface area contributed by atoms with E-state index in [0.29, 0.717) is 0 Å². The third-order valence-corrected chi connectivity index (χ3v) is 3.88. The molecule has 0 radical (unpaired) electrons. The average molecular weight is 196 g/mol. The molecular weight excluding hydrogens is 172 g/mol. The molecule has 2 heteroatoms. The van der Waals surface area contributed by atoms with Crippen LogP contribution in [0, 0.1) is 11.8 Å². The Morgan fingerprint density at radius 2 is 2.14 bits per heavy atom. The van der Waals surface area contributed by atoms with Gasteiger partial charge in [0.15, 0.2) is 0 Å². The molecule has 0 saturated carbocycles. The van der Waals surface area contributed by atoms with Gasteiger partial charge in [0, 0.05) is 19.1 Å². The molecule has 2 nitrogen and oxygen atoms in total. The predicted octanol–water partition coefficient (Wildman–Crippen LogP) is 1.72. The van der Waals surface area contributed by atoms with E-state index in [1.54, 1.807) is 0 Å². The van der Waals surface area contributed by atoms with E-state index in [0.717, 1.165) is 17.9 Å². The second-order valence-electron chi connectivity index (χ2n) is 5.35. The van der Waals surface area contributed by atoms with Gasteiger partial charge in [0.05, 0.1) is 0 Å². The highest BCUT2D eigenvalue weighted by Crippen LogP contribution is 2.23. The number of rotatable bonds is 4. The van der Waals surface area contributed by atoms with Crippen LogP contribution in [-0.2, 0) is 0 Å². The summed E-state index contributed by atoms with van der Waals surface area (Å²) in [6, 6.07) is 0.827. The molecule has 0 aliphatic carbocycles. The van der Waals surface area contributed by atoms with Crippen molar-refractivity contribution in [2.24, 2.45) is 11.8 Å². The van der Waals surface area contributed by atoms with Gasteiger partial charge in [-0.1, -0.05) is 13.8 Å². The van der Waals surface area contributed by atoms with Gasteiger partial charge in [-0.3, -0.25) is 0 Å². The Kier molecular flexibility index (Phi) is 3.45. The SMILES string of the molecule is CC(C)C1CN(CCC2CCCN2)C1. The van der Waals surface area contributed by atoms with E-state index >= 15 is 0 Å². The topological polar surface area (TPSA) is 15.3 Å². The molecular formula is C12H24N2. The van der Waals surface area contributed by atoms with Crippen LogP contribution in [0.3, 0.4) is 0 Å². The molecule has 1 unspecified atom stereocenters. The molecule has 1 N–H and O–H groups in total. The summed E-state index contributed by atoms with van der Waals surface area (Å²) in [6.07, 6.45) is 4.16. The van der Waals surface area contributed by atoms with E-state index in [-0.39, 0.29) is 0 Å². The minimum absolute atomic E-state index is 0.827. The summed E-state index contributed by atoms with van der Waals surface area (Å²) < 4.78 is 0. The van der Waals surface area contributed by atoms with Gasteiger partial charge in [-0.25, -0.2) is 0 Å². The Balaban J connectivity index is 1.55. The van der Waals surface area contributed by atoms with E-state index in [1.807, 2.05) is 0 Å². The summed E-state index contributed by atoms with van der Waals surface area (Å²) in [7, 11) is 0. The minimum atomic E-state index is 0.827. The van der Waals surface area contributed by atoms with E-state index in [2.05, 4.69) is 24.1 Å². The molecule has 2 aliphatic heterocycles. The molecule has 1 atom stereocenters. The van der Waals surface area contributed by atoms with Crippen molar-refractivity contribution in [3.8, 4) is 0 Å². The van der Waals surface area contributed by atoms with Crippen molar-refractivity contribution in [3.05, 3.63) is 0 Å². The van der Waals surface area contributed by atoms with Gasteiger partial charge in [-0.15, -0.1) is 0 Å². The van der Waals surface area contributed by atoms with E-state index < -0.39 is 0 Å². The summed E-state index contributed by atoms with van der Waals surface area (Å²) in [6.45, 7) is 9.97. The average Bonchev–Trinajstić information content (AvgIpc) is 2.52. The second-order valence-corrected chi connectivity index (χ2v) is 5.35. The number of hydrogen-bond acceptors (Lipinski definition) is 2. The molecule has 0 aromatic rings. The molecule has 82 valence electrons. The molecule has 14 heavy (non-hydrogen) atoms. The lowest BCUT2D eigenvalue weighted by molar-refractivity contribution is 0.0653. The minimum Gasteiger partial charge on any atom is -0.314 e. The van der Waals surface area contributed by atoms with Gasteiger partial charge < -0.3 is 10.2 Å². The first-order chi connectivity index (χ1) is 6.75. The fraction of sp³-hybridized carbons (Fsp3) is 1.00. The lowest BCUT2D eigenvalue weighted by Crippen LogP contribution is -2.49. The first kappa shape index (κ1) is 10.4. The maximum atomic E-state index is 3.57. The Morgan fingerprint density at radius 3 is 2.71 bits per heavy atom. The lowest BCUT2D eigenvalue weighted by Gasteiger charge is -2.42. The van der Waals surface area contributed by atoms with Gasteiger partial charge in [0.1, 0.15) is 0 Å². The van der Waals surface area contributed by atoms with Crippen LogP contribution in [0.5, 0.6) is 0 Å². The number of nitrogens with zero attached hydrogens (tertiary/aromatic N) is 1. The monoisotopic (exact) mass is 196 g/mol. The maximum absolute atomic E-state index is 3.57. The first-order valence-corrected chi connectivity index (χ1v) is 6.21. The van der Waals surface area contributed by atoms with Crippen LogP contribution in [0.25, 0.3) is 0 Å². The smallest absolute Gasteiger partial charge is 0.00797 e. The van der Waals surface area contributed by atoms with Gasteiger partial charge in [-0.05, 0) is 44.2 Å². The van der Waals surface area contributed by atoms with Crippen molar-refractivity contribution >= 4 is 0 Å². The van der Waals surface area contributed by atoms with Crippen LogP contribution in [0.1, 0.15) is 33.1 Å². The quantitative estimate of drug-likeness (QED) is 0.736. The van der Waals surface area contributed by atoms with Crippen LogP contribution >= 0.6 is 0 Å². The molecule has 2 heterocycles. The fourth-order valence-electron chi connectivity index (χ4n) is 2.56. The van der Waals surface area contributed by atoms with Gasteiger partial charge in [-0.2, -0.15) is 0 Å². The van der Waals surface area contributed by atoms with Crippen LogP contribution in [0.2, 0.25) is 0 Å². The molecule has 2 aliphatic rings. The van der Waals surface area contributed by atoms with Crippen molar-refractivity contribution in [2.45, 2.75) is 39.2 Å². The van der Waals surface area contributed by atoms with Crippen molar-refractivity contribution in [1.82, 2.24) is 10.2 Å². The van der Waals surface area contributed by atoms with Crippen LogP contribution in [0.4, 0.5) is 0 Å². The Morgan fingerprint density at radius 1 is 1.36 bits per heavy atom. The highest BCUT2D eigenvalue weighted by molar-refractivity contribution is 4.83. The zero-order valence-electron chi connectivity index (χ0n) is 9.63. The Bertz CT molecular complexity index is 167. The highest BCUT2D eigenvalue weighted by Gasteiger charge is 2.29. The van der Waals surface area contributed by atoms with Crippen LogP contribution in [-0.4, -0.2) is 37.1 Å². The van der Waals surface area contributed by atoms with Crippen molar-refractivity contribution in [3.63, 3.8) is 0 Å². The standard InChI is InChI=1S/C12H24N2/c1-10(2)11-8-14(9-11)7-5-12-4-3-6-13-12/h10-13H,3-9H2,1-2H3. The second kappa shape index (κ2) is 4.63. The summed E-state index contributed by atoms with van der Waals surface area (Å²) in [5.74, 6) is 1.86. The fourth-order valence-corrected chi connectivity index (χ4v) is 2.56. The summed E-state index contributed by atoms with van der Waals surface area (Å²) in [5, 5.41) is 3.57. The number of hydrogen-bond donors (Lipinski definition) is 1. The third kappa shape index (κ3) is 2.48. The molecule has 0 bridgehead atoms. The van der Waals surface area contributed by atoms with Crippen LogP contribution < -0.4 is 5.32 Å². The summed E-state index contributed by atoms with van der Waals surface area (Å²) in [5.41, 5.74) is 0.